The van der Waals surface area contributed by atoms with Gasteiger partial charge in [-0.25, -0.2) is 4.79 Å². The summed E-state index contributed by atoms with van der Waals surface area (Å²) >= 11 is 0. The maximum absolute atomic E-state index is 12.8. The van der Waals surface area contributed by atoms with E-state index < -0.39 is 30.6 Å². The van der Waals surface area contributed by atoms with Crippen molar-refractivity contribution in [2.24, 2.45) is 0 Å². The fourth-order valence-corrected chi connectivity index (χ4v) is 3.98. The predicted molar refractivity (Wildman–Crippen MR) is 117 cm³/mol. The molecule has 0 bridgehead atoms. The molecule has 1 unspecified atom stereocenters. The first-order valence-electron chi connectivity index (χ1n) is 10.5. The number of amides is 2. The van der Waals surface area contributed by atoms with E-state index in [-0.39, 0.29) is 18.6 Å². The van der Waals surface area contributed by atoms with Crippen molar-refractivity contribution in [1.82, 2.24) is 10.2 Å². The van der Waals surface area contributed by atoms with E-state index in [0.717, 1.165) is 22.3 Å². The van der Waals surface area contributed by atoms with E-state index in [1.165, 1.54) is 4.90 Å². The van der Waals surface area contributed by atoms with Gasteiger partial charge < -0.3 is 20.1 Å². The van der Waals surface area contributed by atoms with E-state index in [4.69, 9.17) is 9.84 Å². The Kier molecular flexibility index (Phi) is 6.95. The van der Waals surface area contributed by atoms with Crippen molar-refractivity contribution < 1.29 is 24.2 Å². The third-order valence-electron chi connectivity index (χ3n) is 5.55. The number of carbonyl (C=O) groups is 3. The molecule has 2 amide bonds. The summed E-state index contributed by atoms with van der Waals surface area (Å²) in [4.78, 5) is 37.6. The Morgan fingerprint density at radius 1 is 1.03 bits per heavy atom. The summed E-state index contributed by atoms with van der Waals surface area (Å²) in [5, 5.41) is 11.7. The lowest BCUT2D eigenvalue weighted by atomic mass is 9.98. The molecular weight excluding hydrogens is 396 g/mol. The zero-order valence-electron chi connectivity index (χ0n) is 18.0. The first kappa shape index (κ1) is 22.3. The van der Waals surface area contributed by atoms with Crippen LogP contribution in [0.2, 0.25) is 0 Å². The van der Waals surface area contributed by atoms with Crippen molar-refractivity contribution in [3.63, 3.8) is 0 Å². The van der Waals surface area contributed by atoms with Crippen molar-refractivity contribution in [1.29, 1.82) is 0 Å². The minimum atomic E-state index is -1.10. The lowest BCUT2D eigenvalue weighted by Gasteiger charge is -2.29. The molecule has 0 saturated heterocycles. The highest BCUT2D eigenvalue weighted by atomic mass is 16.5. The number of aliphatic carboxylic acids is 1. The molecule has 0 heterocycles. The SMILES string of the molecule is CCC(NC(=O)OCC1c2ccccc2-c2ccccc21)C(=O)N(CC(=O)O)C(C)C. The van der Waals surface area contributed by atoms with Gasteiger partial charge in [-0.05, 0) is 42.5 Å². The summed E-state index contributed by atoms with van der Waals surface area (Å²) in [6.07, 6.45) is -0.368. The Morgan fingerprint density at radius 2 is 1.58 bits per heavy atom. The van der Waals surface area contributed by atoms with E-state index in [0.29, 0.717) is 6.42 Å². The number of nitrogens with one attached hydrogen (secondary N) is 1. The predicted octanol–water partition coefficient (Wildman–Crippen LogP) is 3.63. The molecule has 0 aromatic heterocycles. The van der Waals surface area contributed by atoms with Crippen molar-refractivity contribution in [3.8, 4) is 11.1 Å². The van der Waals surface area contributed by atoms with Crippen LogP contribution in [0, 0.1) is 0 Å². The van der Waals surface area contributed by atoms with Crippen LogP contribution >= 0.6 is 0 Å². The molecule has 0 aliphatic heterocycles. The van der Waals surface area contributed by atoms with E-state index in [1.807, 2.05) is 36.4 Å². The molecule has 31 heavy (non-hydrogen) atoms. The van der Waals surface area contributed by atoms with Gasteiger partial charge in [-0.2, -0.15) is 0 Å². The summed E-state index contributed by atoms with van der Waals surface area (Å²) in [5.41, 5.74) is 4.48. The van der Waals surface area contributed by atoms with Gasteiger partial charge >= 0.3 is 12.1 Å². The summed E-state index contributed by atoms with van der Waals surface area (Å²) in [6.45, 7) is 4.96. The first-order chi connectivity index (χ1) is 14.8. The molecule has 1 aliphatic carbocycles. The Labute approximate surface area is 182 Å². The number of hydrogen-bond acceptors (Lipinski definition) is 4. The van der Waals surface area contributed by atoms with Crippen molar-refractivity contribution in [2.45, 2.75) is 45.2 Å². The molecular formula is C24H28N2O5. The number of rotatable bonds is 8. The van der Waals surface area contributed by atoms with Crippen LogP contribution in [0.25, 0.3) is 11.1 Å². The molecule has 1 atom stereocenters. The van der Waals surface area contributed by atoms with Gasteiger partial charge in [0.2, 0.25) is 5.91 Å². The number of benzene rings is 2. The molecule has 2 aromatic rings. The van der Waals surface area contributed by atoms with E-state index in [1.54, 1.807) is 20.8 Å². The van der Waals surface area contributed by atoms with E-state index >= 15 is 0 Å². The van der Waals surface area contributed by atoms with Gasteiger partial charge in [0.05, 0.1) is 0 Å². The minimum absolute atomic E-state index is 0.0758. The summed E-state index contributed by atoms with van der Waals surface area (Å²) in [5.74, 6) is -1.61. The fraction of sp³-hybridized carbons (Fsp3) is 0.375. The second kappa shape index (κ2) is 9.64. The van der Waals surface area contributed by atoms with Crippen molar-refractivity contribution in [3.05, 3.63) is 59.7 Å². The number of carbonyl (C=O) groups excluding carboxylic acids is 2. The van der Waals surface area contributed by atoms with Gasteiger partial charge in [-0.1, -0.05) is 55.5 Å². The van der Waals surface area contributed by atoms with Gasteiger partial charge in [0, 0.05) is 12.0 Å². The van der Waals surface area contributed by atoms with E-state index in [9.17, 15) is 14.4 Å². The molecule has 0 fully saturated rings. The summed E-state index contributed by atoms with van der Waals surface area (Å²) < 4.78 is 5.51. The summed E-state index contributed by atoms with van der Waals surface area (Å²) in [6, 6.07) is 14.9. The van der Waals surface area contributed by atoms with Crippen LogP contribution in [-0.4, -0.2) is 53.2 Å². The second-order valence-corrected chi connectivity index (χ2v) is 7.88. The number of ether oxygens (including phenoxy) is 1. The number of carboxylic acid groups (broad SMARTS) is 1. The van der Waals surface area contributed by atoms with Gasteiger partial charge in [-0.3, -0.25) is 9.59 Å². The number of fused-ring (bicyclic) bond motifs is 3. The Hall–Kier alpha value is -3.35. The summed E-state index contributed by atoms with van der Waals surface area (Å²) in [7, 11) is 0. The van der Waals surface area contributed by atoms with Crippen LogP contribution in [0.3, 0.4) is 0 Å². The standard InChI is InChI=1S/C24H28N2O5/c1-4-21(23(29)26(15(2)3)13-22(27)28)25-24(30)31-14-20-18-11-7-5-9-16(18)17-10-6-8-12-19(17)20/h5-12,15,20-21H,4,13-14H2,1-3H3,(H,25,30)(H,27,28). The lowest BCUT2D eigenvalue weighted by Crippen LogP contribution is -2.52. The topological polar surface area (TPSA) is 95.9 Å². The number of nitrogens with zero attached hydrogens (tertiary/aromatic N) is 1. The van der Waals surface area contributed by atoms with Crippen molar-refractivity contribution >= 4 is 18.0 Å². The highest BCUT2D eigenvalue weighted by Gasteiger charge is 2.31. The lowest BCUT2D eigenvalue weighted by molar-refractivity contribution is -0.146. The zero-order chi connectivity index (χ0) is 22.5. The number of alkyl carbamates (subject to hydrolysis) is 1. The van der Waals surface area contributed by atoms with Crippen LogP contribution < -0.4 is 5.32 Å². The normalized spacial score (nSPS) is 13.3. The smallest absolute Gasteiger partial charge is 0.407 e. The molecule has 0 spiro atoms. The first-order valence-corrected chi connectivity index (χ1v) is 10.5. The Morgan fingerprint density at radius 3 is 2.06 bits per heavy atom. The fourth-order valence-electron chi connectivity index (χ4n) is 3.98. The van der Waals surface area contributed by atoms with Gasteiger partial charge in [-0.15, -0.1) is 0 Å². The maximum Gasteiger partial charge on any atom is 0.407 e. The largest absolute Gasteiger partial charge is 0.480 e. The highest BCUT2D eigenvalue weighted by molar-refractivity contribution is 5.88. The minimum Gasteiger partial charge on any atom is -0.480 e. The Bertz CT molecular complexity index is 926. The van der Waals surface area contributed by atoms with Gasteiger partial charge in [0.15, 0.2) is 0 Å². The molecule has 2 aromatic carbocycles. The second-order valence-electron chi connectivity index (χ2n) is 7.88. The quantitative estimate of drug-likeness (QED) is 0.675. The zero-order valence-corrected chi connectivity index (χ0v) is 18.0. The monoisotopic (exact) mass is 424 g/mol. The molecule has 164 valence electrons. The third-order valence-corrected chi connectivity index (χ3v) is 5.55. The Balaban J connectivity index is 1.67. The average Bonchev–Trinajstić information content (AvgIpc) is 3.07. The van der Waals surface area contributed by atoms with Crippen LogP contribution in [0.5, 0.6) is 0 Å². The molecule has 7 heteroatoms. The molecule has 7 nitrogen and oxygen atoms in total. The van der Waals surface area contributed by atoms with Crippen LogP contribution in [0.15, 0.2) is 48.5 Å². The van der Waals surface area contributed by atoms with Gasteiger partial charge in [0.1, 0.15) is 19.2 Å². The van der Waals surface area contributed by atoms with Crippen LogP contribution in [-0.2, 0) is 14.3 Å². The number of carboxylic acids is 1. The third kappa shape index (κ3) is 4.87. The molecule has 0 radical (unpaired) electrons. The maximum atomic E-state index is 12.8. The number of hydrogen-bond donors (Lipinski definition) is 2. The van der Waals surface area contributed by atoms with Gasteiger partial charge in [0.25, 0.3) is 0 Å². The molecule has 1 aliphatic rings. The molecule has 0 saturated carbocycles. The van der Waals surface area contributed by atoms with E-state index in [2.05, 4.69) is 17.4 Å². The van der Waals surface area contributed by atoms with Crippen molar-refractivity contribution in [2.75, 3.05) is 13.2 Å². The highest BCUT2D eigenvalue weighted by Crippen LogP contribution is 2.44. The molecule has 3 rings (SSSR count). The average molecular weight is 424 g/mol. The van der Waals surface area contributed by atoms with Crippen LogP contribution in [0.1, 0.15) is 44.2 Å². The van der Waals surface area contributed by atoms with Crippen LogP contribution in [0.4, 0.5) is 4.79 Å². The molecule has 2 N–H and O–H groups in total.